The molecule has 0 bridgehead atoms. The van der Waals surface area contributed by atoms with Gasteiger partial charge in [0, 0.05) is 13.2 Å². The summed E-state index contributed by atoms with van der Waals surface area (Å²) >= 11 is 0. The zero-order chi connectivity index (χ0) is 15.8. The molecule has 0 aromatic heterocycles. The molecular formula is C17H26N2O3. The monoisotopic (exact) mass is 306 g/mol. The van der Waals surface area contributed by atoms with E-state index in [2.05, 4.69) is 18.3 Å². The first-order chi connectivity index (χ1) is 10.7. The number of hydrogen-bond acceptors (Lipinski definition) is 3. The summed E-state index contributed by atoms with van der Waals surface area (Å²) in [5.74, 6) is 0.861. The second kappa shape index (κ2) is 8.63. The number of urea groups is 1. The quantitative estimate of drug-likeness (QED) is 0.842. The lowest BCUT2D eigenvalue weighted by molar-refractivity contribution is 0.172. The zero-order valence-corrected chi connectivity index (χ0v) is 13.5. The molecule has 2 amide bonds. The van der Waals surface area contributed by atoms with Gasteiger partial charge in [0.05, 0.1) is 19.2 Å². The molecule has 0 saturated carbocycles. The fourth-order valence-electron chi connectivity index (χ4n) is 2.45. The summed E-state index contributed by atoms with van der Waals surface area (Å²) in [6.07, 6.45) is 1.88. The number of amides is 2. The molecule has 2 rings (SSSR count). The van der Waals surface area contributed by atoms with E-state index in [9.17, 15) is 4.79 Å². The number of carbonyl (C=O) groups excluding carboxylic acids is 1. The minimum atomic E-state index is -0.0380. The van der Waals surface area contributed by atoms with Crippen LogP contribution in [-0.2, 0) is 11.2 Å². The van der Waals surface area contributed by atoms with E-state index in [1.807, 2.05) is 25.1 Å². The lowest BCUT2D eigenvalue weighted by Gasteiger charge is -2.23. The van der Waals surface area contributed by atoms with Gasteiger partial charge in [0.25, 0.3) is 0 Å². The summed E-state index contributed by atoms with van der Waals surface area (Å²) in [6, 6.07) is 8.19. The third-order valence-electron chi connectivity index (χ3n) is 3.86. The molecule has 1 unspecified atom stereocenters. The van der Waals surface area contributed by atoms with Gasteiger partial charge in [0.1, 0.15) is 12.4 Å². The van der Waals surface area contributed by atoms with Gasteiger partial charge < -0.3 is 19.7 Å². The standard InChI is InChI=1S/C17H26N2O3/c1-3-14-6-5-7-16(12-14)22-11-9-19(4-2)17(20)18-15-8-10-21-13-15/h5-7,12,15H,3-4,8-11,13H2,1-2H3,(H,18,20). The van der Waals surface area contributed by atoms with Crippen molar-refractivity contribution >= 4 is 6.03 Å². The molecular weight excluding hydrogens is 280 g/mol. The van der Waals surface area contributed by atoms with Crippen molar-refractivity contribution in [2.75, 3.05) is 32.9 Å². The Hall–Kier alpha value is -1.75. The van der Waals surface area contributed by atoms with Crippen molar-refractivity contribution in [3.8, 4) is 5.75 Å². The molecule has 1 aromatic rings. The minimum absolute atomic E-state index is 0.0380. The van der Waals surface area contributed by atoms with Crippen LogP contribution >= 0.6 is 0 Å². The van der Waals surface area contributed by atoms with Crippen LogP contribution in [0.25, 0.3) is 0 Å². The number of benzene rings is 1. The van der Waals surface area contributed by atoms with Gasteiger partial charge in [-0.25, -0.2) is 4.79 Å². The van der Waals surface area contributed by atoms with Crippen LogP contribution < -0.4 is 10.1 Å². The number of carbonyl (C=O) groups is 1. The second-order valence-corrected chi connectivity index (χ2v) is 5.44. The molecule has 0 aliphatic carbocycles. The highest BCUT2D eigenvalue weighted by atomic mass is 16.5. The molecule has 0 radical (unpaired) electrons. The lowest BCUT2D eigenvalue weighted by atomic mass is 10.2. The molecule has 1 N–H and O–H groups in total. The van der Waals surface area contributed by atoms with Gasteiger partial charge in [0.15, 0.2) is 0 Å². The number of aryl methyl sites for hydroxylation is 1. The molecule has 1 aliphatic heterocycles. The lowest BCUT2D eigenvalue weighted by Crippen LogP contribution is -2.46. The van der Waals surface area contributed by atoms with Gasteiger partial charge in [-0.2, -0.15) is 0 Å². The smallest absolute Gasteiger partial charge is 0.317 e. The van der Waals surface area contributed by atoms with Crippen molar-refractivity contribution < 1.29 is 14.3 Å². The Morgan fingerprint density at radius 2 is 2.32 bits per heavy atom. The highest BCUT2D eigenvalue weighted by Crippen LogP contribution is 2.13. The summed E-state index contributed by atoms with van der Waals surface area (Å²) in [5.41, 5.74) is 1.25. The molecule has 122 valence electrons. The average Bonchev–Trinajstić information content (AvgIpc) is 3.04. The van der Waals surface area contributed by atoms with Gasteiger partial charge in [0.2, 0.25) is 0 Å². The summed E-state index contributed by atoms with van der Waals surface area (Å²) in [7, 11) is 0. The van der Waals surface area contributed by atoms with Gasteiger partial charge in [-0.15, -0.1) is 0 Å². The van der Waals surface area contributed by atoms with Crippen molar-refractivity contribution in [2.24, 2.45) is 0 Å². The summed E-state index contributed by atoms with van der Waals surface area (Å²) < 4.78 is 11.0. The first kappa shape index (κ1) is 16.6. The van der Waals surface area contributed by atoms with Crippen molar-refractivity contribution in [3.63, 3.8) is 0 Å². The van der Waals surface area contributed by atoms with Crippen molar-refractivity contribution in [3.05, 3.63) is 29.8 Å². The maximum atomic E-state index is 12.2. The first-order valence-electron chi connectivity index (χ1n) is 8.07. The Morgan fingerprint density at radius 1 is 1.45 bits per heavy atom. The van der Waals surface area contributed by atoms with E-state index in [0.29, 0.717) is 26.3 Å². The molecule has 1 atom stereocenters. The number of ether oxygens (including phenoxy) is 2. The van der Waals surface area contributed by atoms with Crippen molar-refractivity contribution in [1.29, 1.82) is 0 Å². The van der Waals surface area contributed by atoms with Crippen LogP contribution in [0.5, 0.6) is 5.75 Å². The third-order valence-corrected chi connectivity index (χ3v) is 3.86. The van der Waals surface area contributed by atoms with Gasteiger partial charge in [-0.3, -0.25) is 0 Å². The summed E-state index contributed by atoms with van der Waals surface area (Å²) in [5, 5.41) is 3.00. The maximum Gasteiger partial charge on any atom is 0.317 e. The SMILES string of the molecule is CCc1cccc(OCCN(CC)C(=O)NC2CCOC2)c1. The topological polar surface area (TPSA) is 50.8 Å². The predicted molar refractivity (Wildman–Crippen MR) is 86.3 cm³/mol. The Morgan fingerprint density at radius 3 is 3.00 bits per heavy atom. The molecule has 0 spiro atoms. The average molecular weight is 306 g/mol. The van der Waals surface area contributed by atoms with Crippen LogP contribution in [0.1, 0.15) is 25.8 Å². The zero-order valence-electron chi connectivity index (χ0n) is 13.5. The number of rotatable bonds is 7. The Bertz CT molecular complexity index is 473. The van der Waals surface area contributed by atoms with E-state index >= 15 is 0 Å². The largest absolute Gasteiger partial charge is 0.492 e. The number of likely N-dealkylation sites (N-methyl/N-ethyl adjacent to an activating group) is 1. The molecule has 1 fully saturated rings. The third kappa shape index (κ3) is 4.91. The molecule has 22 heavy (non-hydrogen) atoms. The van der Waals surface area contributed by atoms with Crippen molar-refractivity contribution in [2.45, 2.75) is 32.7 Å². The predicted octanol–water partition coefficient (Wildman–Crippen LogP) is 2.45. The van der Waals surface area contributed by atoms with E-state index < -0.39 is 0 Å². The Kier molecular flexibility index (Phi) is 6.52. The van der Waals surface area contributed by atoms with E-state index in [0.717, 1.165) is 25.2 Å². The van der Waals surface area contributed by atoms with Crippen LogP contribution in [0.4, 0.5) is 4.79 Å². The molecule has 5 heteroatoms. The second-order valence-electron chi connectivity index (χ2n) is 5.44. The normalized spacial score (nSPS) is 17.3. The number of hydrogen-bond donors (Lipinski definition) is 1. The highest BCUT2D eigenvalue weighted by molar-refractivity contribution is 5.74. The van der Waals surface area contributed by atoms with Crippen LogP contribution in [0.15, 0.2) is 24.3 Å². The molecule has 1 heterocycles. The molecule has 1 aliphatic rings. The molecule has 5 nitrogen and oxygen atoms in total. The maximum absolute atomic E-state index is 12.2. The molecule has 1 aromatic carbocycles. The van der Waals surface area contributed by atoms with E-state index in [4.69, 9.17) is 9.47 Å². The van der Waals surface area contributed by atoms with Crippen molar-refractivity contribution in [1.82, 2.24) is 10.2 Å². The van der Waals surface area contributed by atoms with Gasteiger partial charge >= 0.3 is 6.03 Å². The van der Waals surface area contributed by atoms with Gasteiger partial charge in [-0.05, 0) is 37.5 Å². The minimum Gasteiger partial charge on any atom is -0.492 e. The fraction of sp³-hybridized carbons (Fsp3) is 0.588. The van der Waals surface area contributed by atoms with Crippen LogP contribution in [-0.4, -0.2) is 49.9 Å². The fourth-order valence-corrected chi connectivity index (χ4v) is 2.45. The van der Waals surface area contributed by atoms with Crippen LogP contribution in [0.3, 0.4) is 0 Å². The van der Waals surface area contributed by atoms with E-state index in [1.54, 1.807) is 4.90 Å². The Labute approximate surface area is 132 Å². The first-order valence-corrected chi connectivity index (χ1v) is 8.07. The summed E-state index contributed by atoms with van der Waals surface area (Å²) in [4.78, 5) is 13.9. The van der Waals surface area contributed by atoms with Crippen LogP contribution in [0.2, 0.25) is 0 Å². The highest BCUT2D eigenvalue weighted by Gasteiger charge is 2.20. The van der Waals surface area contributed by atoms with E-state index in [-0.39, 0.29) is 12.1 Å². The Balaban J connectivity index is 1.76. The van der Waals surface area contributed by atoms with Crippen LogP contribution in [0, 0.1) is 0 Å². The summed E-state index contributed by atoms with van der Waals surface area (Å²) in [6.45, 7) is 7.18. The number of nitrogens with zero attached hydrogens (tertiary/aromatic N) is 1. The van der Waals surface area contributed by atoms with E-state index in [1.165, 1.54) is 5.56 Å². The number of nitrogens with one attached hydrogen (secondary N) is 1. The molecule has 1 saturated heterocycles. The van der Waals surface area contributed by atoms with Gasteiger partial charge in [-0.1, -0.05) is 19.1 Å².